The van der Waals surface area contributed by atoms with Crippen LogP contribution in [0, 0.1) is 0 Å². The van der Waals surface area contributed by atoms with Crippen molar-refractivity contribution in [2.75, 3.05) is 47.0 Å². The number of halogens is 1. The van der Waals surface area contributed by atoms with E-state index in [0.29, 0.717) is 19.2 Å². The molecule has 0 spiro atoms. The lowest BCUT2D eigenvalue weighted by molar-refractivity contribution is 0.128. The number of hydrogen-bond acceptors (Lipinski definition) is 4. The lowest BCUT2D eigenvalue weighted by Gasteiger charge is -2.24. The van der Waals surface area contributed by atoms with Crippen molar-refractivity contribution >= 4 is 15.9 Å². The highest BCUT2D eigenvalue weighted by molar-refractivity contribution is 9.10. The molecule has 1 aromatic carbocycles. The summed E-state index contributed by atoms with van der Waals surface area (Å²) >= 11 is 3.46. The van der Waals surface area contributed by atoms with E-state index in [4.69, 9.17) is 9.84 Å². The van der Waals surface area contributed by atoms with Gasteiger partial charge in [-0.3, -0.25) is 4.90 Å². The molecular weight excluding hydrogens is 320 g/mol. The van der Waals surface area contributed by atoms with E-state index in [2.05, 4.69) is 50.4 Å². The predicted octanol–water partition coefficient (Wildman–Crippen LogP) is 2.04. The van der Waals surface area contributed by atoms with Gasteiger partial charge in [-0.25, -0.2) is 0 Å². The van der Waals surface area contributed by atoms with Gasteiger partial charge in [0.2, 0.25) is 0 Å². The minimum atomic E-state index is 0.187. The zero-order chi connectivity index (χ0) is 14.8. The van der Waals surface area contributed by atoms with Gasteiger partial charge in [0.1, 0.15) is 0 Å². The van der Waals surface area contributed by atoms with E-state index in [0.717, 1.165) is 24.0 Å². The largest absolute Gasteiger partial charge is 0.395 e. The van der Waals surface area contributed by atoms with Gasteiger partial charge in [0.15, 0.2) is 0 Å². The number of benzene rings is 1. The lowest BCUT2D eigenvalue weighted by Crippen LogP contribution is -2.33. The number of aliphatic hydroxyl groups is 1. The van der Waals surface area contributed by atoms with Crippen molar-refractivity contribution < 1.29 is 9.84 Å². The zero-order valence-corrected chi connectivity index (χ0v) is 13.9. The second-order valence-corrected chi connectivity index (χ2v) is 5.66. The third-order valence-electron chi connectivity index (χ3n) is 3.38. The molecule has 0 radical (unpaired) electrons. The van der Waals surface area contributed by atoms with Crippen molar-refractivity contribution in [1.29, 1.82) is 0 Å². The number of hydrogen-bond donors (Lipinski definition) is 2. The van der Waals surface area contributed by atoms with Gasteiger partial charge in [0.25, 0.3) is 0 Å². The Morgan fingerprint density at radius 3 is 2.50 bits per heavy atom. The van der Waals surface area contributed by atoms with Crippen LogP contribution in [0.15, 0.2) is 28.7 Å². The fourth-order valence-corrected chi connectivity index (χ4v) is 2.45. The third kappa shape index (κ3) is 6.33. The second-order valence-electron chi connectivity index (χ2n) is 4.74. The zero-order valence-electron chi connectivity index (χ0n) is 12.3. The van der Waals surface area contributed by atoms with Crippen LogP contribution in [0.1, 0.15) is 18.0 Å². The molecule has 0 fully saturated rings. The van der Waals surface area contributed by atoms with E-state index in [1.807, 2.05) is 7.05 Å². The van der Waals surface area contributed by atoms with Crippen molar-refractivity contribution in [3.63, 3.8) is 0 Å². The van der Waals surface area contributed by atoms with Crippen LogP contribution in [-0.2, 0) is 4.74 Å². The minimum absolute atomic E-state index is 0.187. The van der Waals surface area contributed by atoms with Crippen molar-refractivity contribution in [3.05, 3.63) is 34.3 Å². The van der Waals surface area contributed by atoms with Crippen molar-refractivity contribution in [3.8, 4) is 0 Å². The van der Waals surface area contributed by atoms with Crippen molar-refractivity contribution in [2.24, 2.45) is 0 Å². The first-order chi connectivity index (χ1) is 9.71. The van der Waals surface area contributed by atoms with E-state index in [1.54, 1.807) is 7.11 Å². The molecule has 1 unspecified atom stereocenters. The molecule has 0 aromatic heterocycles. The summed E-state index contributed by atoms with van der Waals surface area (Å²) < 4.78 is 6.20. The Morgan fingerprint density at radius 1 is 1.25 bits per heavy atom. The Kier molecular flexibility index (Phi) is 9.05. The van der Waals surface area contributed by atoms with Crippen LogP contribution in [-0.4, -0.2) is 57.0 Å². The molecule has 0 heterocycles. The Balaban J connectivity index is 2.51. The van der Waals surface area contributed by atoms with E-state index in [-0.39, 0.29) is 6.61 Å². The summed E-state index contributed by atoms with van der Waals surface area (Å²) in [5.74, 6) is 0. The number of methoxy groups -OCH3 is 1. The fourth-order valence-electron chi connectivity index (χ4n) is 2.18. The number of nitrogens with one attached hydrogen (secondary N) is 1. The SMILES string of the molecule is CNC(CCN(CCO)CCOC)c1ccc(Br)cc1. The van der Waals surface area contributed by atoms with Crippen LogP contribution in [0.25, 0.3) is 0 Å². The van der Waals surface area contributed by atoms with Gasteiger partial charge in [-0.15, -0.1) is 0 Å². The second kappa shape index (κ2) is 10.3. The van der Waals surface area contributed by atoms with Crippen molar-refractivity contribution in [2.45, 2.75) is 12.5 Å². The summed E-state index contributed by atoms with van der Waals surface area (Å²) in [5, 5.41) is 12.5. The Labute approximate surface area is 130 Å². The number of aliphatic hydroxyl groups excluding tert-OH is 1. The molecule has 0 saturated heterocycles. The predicted molar refractivity (Wildman–Crippen MR) is 86.0 cm³/mol. The molecule has 0 saturated carbocycles. The van der Waals surface area contributed by atoms with Crippen LogP contribution in [0.4, 0.5) is 0 Å². The summed E-state index contributed by atoms with van der Waals surface area (Å²) in [6.07, 6.45) is 1.00. The van der Waals surface area contributed by atoms with Gasteiger partial charge in [0.05, 0.1) is 13.2 Å². The quantitative estimate of drug-likeness (QED) is 0.681. The summed E-state index contributed by atoms with van der Waals surface area (Å²) in [6, 6.07) is 8.73. The van der Waals surface area contributed by atoms with Crippen LogP contribution in [0.3, 0.4) is 0 Å². The van der Waals surface area contributed by atoms with Crippen LogP contribution < -0.4 is 5.32 Å². The van der Waals surface area contributed by atoms with E-state index >= 15 is 0 Å². The van der Waals surface area contributed by atoms with Crippen LogP contribution in [0.5, 0.6) is 0 Å². The highest BCUT2D eigenvalue weighted by Gasteiger charge is 2.12. The topological polar surface area (TPSA) is 44.7 Å². The first-order valence-corrected chi connectivity index (χ1v) is 7.75. The number of rotatable bonds is 10. The monoisotopic (exact) mass is 344 g/mol. The maximum atomic E-state index is 9.10. The van der Waals surface area contributed by atoms with Gasteiger partial charge in [-0.1, -0.05) is 28.1 Å². The summed E-state index contributed by atoms with van der Waals surface area (Å²) in [4.78, 5) is 2.23. The highest BCUT2D eigenvalue weighted by atomic mass is 79.9. The molecule has 20 heavy (non-hydrogen) atoms. The third-order valence-corrected chi connectivity index (χ3v) is 3.91. The highest BCUT2D eigenvalue weighted by Crippen LogP contribution is 2.19. The Morgan fingerprint density at radius 2 is 1.95 bits per heavy atom. The van der Waals surface area contributed by atoms with Crippen molar-refractivity contribution in [1.82, 2.24) is 10.2 Å². The Hall–Kier alpha value is -0.460. The smallest absolute Gasteiger partial charge is 0.0589 e. The van der Waals surface area contributed by atoms with Gasteiger partial charge < -0.3 is 15.2 Å². The van der Waals surface area contributed by atoms with Crippen LogP contribution >= 0.6 is 15.9 Å². The molecule has 114 valence electrons. The van der Waals surface area contributed by atoms with Gasteiger partial charge in [0, 0.05) is 37.3 Å². The summed E-state index contributed by atoms with van der Waals surface area (Å²) in [7, 11) is 3.69. The maximum Gasteiger partial charge on any atom is 0.0589 e. The normalized spacial score (nSPS) is 12.8. The molecule has 1 atom stereocenters. The van der Waals surface area contributed by atoms with E-state index in [9.17, 15) is 0 Å². The average molecular weight is 345 g/mol. The molecule has 0 aliphatic heterocycles. The maximum absolute atomic E-state index is 9.10. The molecule has 0 amide bonds. The van der Waals surface area contributed by atoms with Gasteiger partial charge >= 0.3 is 0 Å². The Bertz CT molecular complexity index is 359. The standard InChI is InChI=1S/C15H25BrN2O2/c1-17-15(13-3-5-14(16)6-4-13)7-8-18(9-11-19)10-12-20-2/h3-6,15,17,19H,7-12H2,1-2H3. The molecule has 1 rings (SSSR count). The molecule has 4 nitrogen and oxygen atoms in total. The van der Waals surface area contributed by atoms with E-state index in [1.165, 1.54) is 5.56 Å². The molecule has 5 heteroatoms. The average Bonchev–Trinajstić information content (AvgIpc) is 2.47. The number of ether oxygens (including phenoxy) is 1. The first-order valence-electron chi connectivity index (χ1n) is 6.96. The minimum Gasteiger partial charge on any atom is -0.395 e. The molecule has 0 aliphatic carbocycles. The lowest BCUT2D eigenvalue weighted by atomic mass is 10.0. The fraction of sp³-hybridized carbons (Fsp3) is 0.600. The van der Waals surface area contributed by atoms with Gasteiger partial charge in [-0.2, -0.15) is 0 Å². The van der Waals surface area contributed by atoms with Crippen LogP contribution in [0.2, 0.25) is 0 Å². The number of nitrogens with zero attached hydrogens (tertiary/aromatic N) is 1. The molecule has 2 N–H and O–H groups in total. The summed E-state index contributed by atoms with van der Waals surface area (Å²) in [6.45, 7) is 3.37. The molecule has 0 aliphatic rings. The first kappa shape index (κ1) is 17.6. The van der Waals surface area contributed by atoms with E-state index < -0.39 is 0 Å². The van der Waals surface area contributed by atoms with Gasteiger partial charge in [-0.05, 0) is 31.2 Å². The molecule has 0 bridgehead atoms. The molecule has 1 aromatic rings. The summed E-state index contributed by atoms with van der Waals surface area (Å²) in [5.41, 5.74) is 1.28. The molecular formula is C15H25BrN2O2.